The predicted molar refractivity (Wildman–Crippen MR) is 30.1 cm³/mol. The van der Waals surface area contributed by atoms with Crippen molar-refractivity contribution in [2.45, 2.75) is 27.7 Å². The van der Waals surface area contributed by atoms with Crippen LogP contribution in [-0.2, 0) is 4.79 Å². The van der Waals surface area contributed by atoms with Gasteiger partial charge in [-0.2, -0.15) is 0 Å². The van der Waals surface area contributed by atoms with E-state index >= 15 is 0 Å². The Bertz CT molecular complexity index is 96.7. The monoisotopic (exact) mass is 102 g/mol. The largest absolute Gasteiger partial charge is 0.299 e. The Morgan fingerprint density at radius 3 is 2.14 bits per heavy atom. The highest BCUT2D eigenvalue weighted by Crippen LogP contribution is 2.12. The van der Waals surface area contributed by atoms with E-state index in [2.05, 4.69) is 0 Å². The lowest BCUT2D eigenvalue weighted by molar-refractivity contribution is -0.124. The van der Waals surface area contributed by atoms with Crippen LogP contribution in [0.3, 0.4) is 0 Å². The van der Waals surface area contributed by atoms with Crippen molar-refractivity contribution in [2.75, 3.05) is 0 Å². The van der Waals surface area contributed by atoms with Gasteiger partial charge in [-0.05, 0) is 6.92 Å². The summed E-state index contributed by atoms with van der Waals surface area (Å²) in [4.78, 5) is 10.6. The van der Waals surface area contributed by atoms with Crippen molar-refractivity contribution < 1.29 is 6.17 Å². The molecule has 0 aliphatic heterocycles. The molecule has 1 nitrogen and oxygen atoms in total. The number of carbonyl (C=O) groups is 1. The van der Waals surface area contributed by atoms with Crippen LogP contribution in [0.1, 0.15) is 29.0 Å². The number of ketones is 1. The Hall–Kier alpha value is -0.330. The van der Waals surface area contributed by atoms with E-state index in [-0.39, 0.29) is 12.7 Å². The highest BCUT2D eigenvalue weighted by atomic mass is 16.1. The van der Waals surface area contributed by atoms with Crippen LogP contribution in [0.15, 0.2) is 0 Å². The number of Topliss-reactive ketones (excluding diaryl/α,β-unsaturated/α-hetero) is 1. The van der Waals surface area contributed by atoms with Gasteiger partial charge in [0.15, 0.2) is 0 Å². The Balaban J connectivity index is 3.91. The molecule has 0 saturated carbocycles. The minimum Gasteiger partial charge on any atom is -0.299 e. The fraction of sp³-hybridized carbons (Fsp3) is 0.833. The molecular formula is C6H12O. The molecule has 0 spiro atoms. The Morgan fingerprint density at radius 1 is 1.71 bits per heavy atom. The van der Waals surface area contributed by atoms with Crippen LogP contribution in [0.4, 0.5) is 0 Å². The number of carbonyl (C=O) groups excluding carboxylic acids is 1. The van der Waals surface area contributed by atoms with Crippen LogP contribution in [0.5, 0.6) is 0 Å². The minimum atomic E-state index is -0.431. The summed E-state index contributed by atoms with van der Waals surface area (Å²) < 4.78 is 6.92. The van der Waals surface area contributed by atoms with Crippen molar-refractivity contribution in [3.63, 3.8) is 0 Å². The topological polar surface area (TPSA) is 17.1 Å². The SMILES string of the molecule is [3H]CC(C)(C)C(C)=O. The van der Waals surface area contributed by atoms with Crippen LogP contribution in [0, 0.1) is 5.41 Å². The molecule has 1 heteroatoms. The van der Waals surface area contributed by atoms with Crippen LogP contribution in [-0.4, -0.2) is 5.78 Å². The van der Waals surface area contributed by atoms with Crippen molar-refractivity contribution in [1.82, 2.24) is 0 Å². The lowest BCUT2D eigenvalue weighted by atomic mass is 9.92. The second-order valence-electron chi connectivity index (χ2n) is 2.44. The summed E-state index contributed by atoms with van der Waals surface area (Å²) in [5, 5.41) is 0. The smallest absolute Gasteiger partial charge is 0.135 e. The molecule has 0 aromatic rings. The van der Waals surface area contributed by atoms with E-state index in [0.717, 1.165) is 0 Å². The number of hydrogen-bond acceptors (Lipinski definition) is 1. The molecule has 0 aromatic heterocycles. The third-order valence-corrected chi connectivity index (χ3v) is 0.953. The first-order valence-electron chi connectivity index (χ1n) is 3.01. The van der Waals surface area contributed by atoms with Gasteiger partial charge in [0.1, 0.15) is 5.78 Å². The van der Waals surface area contributed by atoms with E-state index in [1.165, 1.54) is 6.92 Å². The summed E-state index contributed by atoms with van der Waals surface area (Å²) in [6.45, 7) is 5.27. The fourth-order valence-electron chi connectivity index (χ4n) is 0. The van der Waals surface area contributed by atoms with Gasteiger partial charge >= 0.3 is 0 Å². The van der Waals surface area contributed by atoms with Gasteiger partial charge in [0, 0.05) is 6.79 Å². The second kappa shape index (κ2) is 1.65. The van der Waals surface area contributed by atoms with E-state index in [9.17, 15) is 4.79 Å². The molecule has 42 valence electrons. The van der Waals surface area contributed by atoms with Gasteiger partial charge in [0.25, 0.3) is 0 Å². The summed E-state index contributed by atoms with van der Waals surface area (Å²) in [5.41, 5.74) is -0.431. The first-order chi connectivity index (χ1) is 3.50. The van der Waals surface area contributed by atoms with Crippen molar-refractivity contribution in [3.8, 4) is 0 Å². The zero-order valence-electron chi connectivity index (χ0n) is 6.12. The van der Waals surface area contributed by atoms with Crippen LogP contribution < -0.4 is 0 Å². The van der Waals surface area contributed by atoms with Gasteiger partial charge in [-0.1, -0.05) is 20.7 Å². The van der Waals surface area contributed by atoms with E-state index in [4.69, 9.17) is 1.37 Å². The van der Waals surface area contributed by atoms with Gasteiger partial charge in [-0.15, -0.1) is 0 Å². The molecule has 0 amide bonds. The maximum atomic E-state index is 10.6. The normalized spacial score (nSPS) is 13.3. The van der Waals surface area contributed by atoms with Gasteiger partial charge in [-0.3, -0.25) is 4.79 Å². The molecule has 0 N–H and O–H groups in total. The van der Waals surface area contributed by atoms with Gasteiger partial charge in [0.2, 0.25) is 0 Å². The van der Waals surface area contributed by atoms with Crippen LogP contribution >= 0.6 is 0 Å². The molecule has 0 fully saturated rings. The lowest BCUT2D eigenvalue weighted by Gasteiger charge is -2.11. The molecule has 0 atom stereocenters. The average molecular weight is 102 g/mol. The number of rotatable bonds is 0. The first-order valence-corrected chi connectivity index (χ1v) is 2.31. The zero-order valence-corrected chi connectivity index (χ0v) is 5.12. The van der Waals surface area contributed by atoms with Gasteiger partial charge in [0.05, 0.1) is 0 Å². The molecule has 0 aliphatic rings. The zero-order chi connectivity index (χ0) is 6.78. The molecule has 0 heterocycles. The Morgan fingerprint density at radius 2 is 2.14 bits per heavy atom. The predicted octanol–water partition coefficient (Wildman–Crippen LogP) is 1.62. The molecule has 0 saturated heterocycles. The summed E-state index contributed by atoms with van der Waals surface area (Å²) in [6, 6.07) is 0. The van der Waals surface area contributed by atoms with Crippen molar-refractivity contribution in [3.05, 3.63) is 0 Å². The molecule has 0 aliphatic carbocycles. The molecule has 0 bridgehead atoms. The first kappa shape index (κ1) is 4.82. The fourth-order valence-corrected chi connectivity index (χ4v) is 0. The highest BCUT2D eigenvalue weighted by Gasteiger charge is 2.14. The molecule has 0 rings (SSSR count). The average Bonchev–Trinajstić information content (AvgIpc) is 1.67. The van der Waals surface area contributed by atoms with Crippen LogP contribution in [0.25, 0.3) is 0 Å². The maximum absolute atomic E-state index is 10.6. The minimum absolute atomic E-state index is 0.0903. The summed E-state index contributed by atoms with van der Waals surface area (Å²) in [5.74, 6) is 0.0903. The van der Waals surface area contributed by atoms with E-state index < -0.39 is 5.41 Å². The van der Waals surface area contributed by atoms with Crippen molar-refractivity contribution in [1.29, 1.82) is 0 Å². The van der Waals surface area contributed by atoms with Crippen molar-refractivity contribution in [2.24, 2.45) is 5.41 Å². The molecule has 0 unspecified atom stereocenters. The Kier molecular flexibility index (Phi) is 1.13. The quantitative estimate of drug-likeness (QED) is 0.454. The van der Waals surface area contributed by atoms with E-state index in [1.807, 2.05) is 0 Å². The molecule has 7 heavy (non-hydrogen) atoms. The Labute approximate surface area is 46.1 Å². The maximum Gasteiger partial charge on any atom is 0.135 e. The standard InChI is InChI=1S/C6H12O/c1-5(7)6(2,3)4/h1-4H3/i2T. The van der Waals surface area contributed by atoms with E-state index in [0.29, 0.717) is 0 Å². The third kappa shape index (κ3) is 2.38. The van der Waals surface area contributed by atoms with Gasteiger partial charge < -0.3 is 0 Å². The highest BCUT2D eigenvalue weighted by molar-refractivity contribution is 5.80. The second-order valence-corrected chi connectivity index (χ2v) is 2.44. The summed E-state index contributed by atoms with van der Waals surface area (Å²) in [6.07, 6.45) is 0. The summed E-state index contributed by atoms with van der Waals surface area (Å²) >= 11 is 0. The van der Waals surface area contributed by atoms with Crippen molar-refractivity contribution >= 4 is 5.78 Å². The van der Waals surface area contributed by atoms with Gasteiger partial charge in [-0.25, -0.2) is 0 Å². The summed E-state index contributed by atoms with van der Waals surface area (Å²) in [7, 11) is 0. The van der Waals surface area contributed by atoms with Crippen LogP contribution in [0.2, 0.25) is 0 Å². The number of hydrogen-bond donors (Lipinski definition) is 0. The van der Waals surface area contributed by atoms with E-state index in [1.54, 1.807) is 13.8 Å². The third-order valence-electron chi connectivity index (χ3n) is 0.953. The molecule has 0 radical (unpaired) electrons. The molecule has 0 aromatic carbocycles. The molecular weight excluding hydrogens is 88.1 g/mol. The lowest BCUT2D eigenvalue weighted by Crippen LogP contribution is -2.15.